The van der Waals surface area contributed by atoms with Crippen molar-refractivity contribution in [1.82, 2.24) is 0 Å². The highest BCUT2D eigenvalue weighted by atomic mass is 19.1. The van der Waals surface area contributed by atoms with Crippen LogP contribution in [0.1, 0.15) is 22.8 Å². The lowest BCUT2D eigenvalue weighted by Gasteiger charge is -2.14. The molecule has 0 aromatic heterocycles. The summed E-state index contributed by atoms with van der Waals surface area (Å²) >= 11 is 0. The topological polar surface area (TPSA) is 29.5 Å². The van der Waals surface area contributed by atoms with Crippen molar-refractivity contribution in [2.24, 2.45) is 0 Å². The van der Waals surface area contributed by atoms with Crippen molar-refractivity contribution in [3.63, 3.8) is 0 Å². The van der Waals surface area contributed by atoms with E-state index in [1.54, 1.807) is 25.1 Å². The molecular weight excluding hydrogens is 250 g/mol. The first-order valence-corrected chi connectivity index (χ1v) is 5.81. The number of benzene rings is 2. The van der Waals surface area contributed by atoms with Crippen LogP contribution in [-0.4, -0.2) is 12.2 Å². The monoisotopic (exact) mass is 264 g/mol. The van der Waals surface area contributed by atoms with Gasteiger partial charge in [0, 0.05) is 5.56 Å². The number of hydrogen-bond acceptors (Lipinski definition) is 2. The fourth-order valence-electron chi connectivity index (χ4n) is 1.86. The van der Waals surface area contributed by atoms with E-state index in [0.717, 1.165) is 0 Å². The fraction of sp³-hybridized carbons (Fsp3) is 0.200. The molecule has 0 saturated heterocycles. The van der Waals surface area contributed by atoms with E-state index in [1.807, 2.05) is 0 Å². The molecule has 0 aliphatic rings. The van der Waals surface area contributed by atoms with E-state index in [1.165, 1.54) is 25.3 Å². The third-order valence-electron chi connectivity index (χ3n) is 3.02. The molecule has 1 atom stereocenters. The Kier molecular flexibility index (Phi) is 3.81. The molecular formula is C15H14F2O2. The quantitative estimate of drug-likeness (QED) is 0.921. The summed E-state index contributed by atoms with van der Waals surface area (Å²) in [4.78, 5) is 0. The second-order valence-electron chi connectivity index (χ2n) is 4.27. The van der Waals surface area contributed by atoms with Gasteiger partial charge in [0.05, 0.1) is 7.11 Å². The van der Waals surface area contributed by atoms with E-state index in [-0.39, 0.29) is 11.3 Å². The number of aliphatic hydroxyl groups excluding tert-OH is 1. The Morgan fingerprint density at radius 3 is 2.53 bits per heavy atom. The number of halogens is 2. The van der Waals surface area contributed by atoms with Crippen molar-refractivity contribution in [2.75, 3.05) is 7.11 Å². The first-order chi connectivity index (χ1) is 9.04. The van der Waals surface area contributed by atoms with Crippen LogP contribution in [0.2, 0.25) is 0 Å². The average Bonchev–Trinajstić information content (AvgIpc) is 2.41. The molecule has 1 unspecified atom stereocenters. The van der Waals surface area contributed by atoms with E-state index >= 15 is 0 Å². The van der Waals surface area contributed by atoms with Crippen LogP contribution in [-0.2, 0) is 0 Å². The maximum Gasteiger partial charge on any atom is 0.171 e. The third kappa shape index (κ3) is 2.58. The second kappa shape index (κ2) is 5.36. The zero-order valence-corrected chi connectivity index (χ0v) is 10.7. The third-order valence-corrected chi connectivity index (χ3v) is 3.02. The Bertz CT molecular complexity index is 597. The summed E-state index contributed by atoms with van der Waals surface area (Å²) in [5.41, 5.74) is 0.833. The van der Waals surface area contributed by atoms with Crippen molar-refractivity contribution in [3.05, 3.63) is 64.7 Å². The standard InChI is InChI=1S/C15H14F2O2/c1-9-6-7-10(8-12(9)16)15(18)11-4-3-5-13(19-2)14(11)17/h3-8,15,18H,1-2H3. The SMILES string of the molecule is COc1cccc(C(O)c2ccc(C)c(F)c2)c1F. The number of methoxy groups -OCH3 is 1. The van der Waals surface area contributed by atoms with Crippen LogP contribution < -0.4 is 4.74 Å². The summed E-state index contributed by atoms with van der Waals surface area (Å²) in [6, 6.07) is 8.81. The highest BCUT2D eigenvalue weighted by molar-refractivity contribution is 5.38. The van der Waals surface area contributed by atoms with Crippen molar-refractivity contribution >= 4 is 0 Å². The summed E-state index contributed by atoms with van der Waals surface area (Å²) in [5, 5.41) is 10.1. The molecule has 0 aliphatic carbocycles. The van der Waals surface area contributed by atoms with Gasteiger partial charge in [-0.1, -0.05) is 24.3 Å². The zero-order valence-electron chi connectivity index (χ0n) is 10.7. The Labute approximate surface area is 110 Å². The van der Waals surface area contributed by atoms with E-state index in [2.05, 4.69) is 0 Å². The van der Waals surface area contributed by atoms with Crippen LogP contribution in [0.15, 0.2) is 36.4 Å². The average molecular weight is 264 g/mol. The molecule has 0 heterocycles. The summed E-state index contributed by atoms with van der Waals surface area (Å²) in [5.74, 6) is -1.03. The number of ether oxygens (including phenoxy) is 1. The maximum absolute atomic E-state index is 14.0. The number of rotatable bonds is 3. The molecule has 0 fully saturated rings. The lowest BCUT2D eigenvalue weighted by Crippen LogP contribution is -2.04. The van der Waals surface area contributed by atoms with Gasteiger partial charge in [-0.05, 0) is 30.2 Å². The molecule has 100 valence electrons. The summed E-state index contributed by atoms with van der Waals surface area (Å²) in [6.07, 6.45) is -1.23. The van der Waals surface area contributed by atoms with Crippen LogP contribution >= 0.6 is 0 Å². The molecule has 0 spiro atoms. The predicted octanol–water partition coefficient (Wildman–Crippen LogP) is 3.36. The fourth-order valence-corrected chi connectivity index (χ4v) is 1.86. The molecule has 19 heavy (non-hydrogen) atoms. The Morgan fingerprint density at radius 1 is 1.16 bits per heavy atom. The van der Waals surface area contributed by atoms with Crippen LogP contribution in [0, 0.1) is 18.6 Å². The van der Waals surface area contributed by atoms with Gasteiger partial charge in [0.1, 0.15) is 11.9 Å². The van der Waals surface area contributed by atoms with E-state index in [0.29, 0.717) is 11.1 Å². The second-order valence-corrected chi connectivity index (χ2v) is 4.27. The first-order valence-electron chi connectivity index (χ1n) is 5.81. The lowest BCUT2D eigenvalue weighted by molar-refractivity contribution is 0.212. The van der Waals surface area contributed by atoms with Crippen molar-refractivity contribution in [1.29, 1.82) is 0 Å². The van der Waals surface area contributed by atoms with Crippen LogP contribution in [0.3, 0.4) is 0 Å². The number of aliphatic hydroxyl groups is 1. The van der Waals surface area contributed by atoms with Crippen molar-refractivity contribution < 1.29 is 18.6 Å². The van der Waals surface area contributed by atoms with Gasteiger partial charge in [0.15, 0.2) is 11.6 Å². The van der Waals surface area contributed by atoms with Crippen molar-refractivity contribution in [3.8, 4) is 5.75 Å². The van der Waals surface area contributed by atoms with Gasteiger partial charge in [-0.25, -0.2) is 8.78 Å². The maximum atomic E-state index is 14.0. The van der Waals surface area contributed by atoms with Gasteiger partial charge < -0.3 is 9.84 Å². The van der Waals surface area contributed by atoms with Crippen LogP contribution in [0.5, 0.6) is 5.75 Å². The minimum Gasteiger partial charge on any atom is -0.494 e. The Balaban J connectivity index is 2.43. The first kappa shape index (κ1) is 13.5. The van der Waals surface area contributed by atoms with Gasteiger partial charge in [0.25, 0.3) is 0 Å². The number of aryl methyl sites for hydroxylation is 1. The Morgan fingerprint density at radius 2 is 1.89 bits per heavy atom. The summed E-state index contributed by atoms with van der Waals surface area (Å²) < 4.78 is 32.3. The van der Waals surface area contributed by atoms with Crippen molar-refractivity contribution in [2.45, 2.75) is 13.0 Å². The van der Waals surface area contributed by atoms with Crippen LogP contribution in [0.4, 0.5) is 8.78 Å². The molecule has 2 nitrogen and oxygen atoms in total. The smallest absolute Gasteiger partial charge is 0.171 e. The molecule has 0 amide bonds. The molecule has 4 heteroatoms. The molecule has 0 aliphatic heterocycles. The van der Waals surface area contributed by atoms with E-state index in [9.17, 15) is 13.9 Å². The van der Waals surface area contributed by atoms with E-state index in [4.69, 9.17) is 4.74 Å². The van der Waals surface area contributed by atoms with Gasteiger partial charge in [-0.2, -0.15) is 0 Å². The summed E-state index contributed by atoms with van der Waals surface area (Å²) in [6.45, 7) is 1.62. The lowest BCUT2D eigenvalue weighted by atomic mass is 9.99. The molecule has 0 saturated carbocycles. The molecule has 0 bridgehead atoms. The molecule has 2 rings (SSSR count). The predicted molar refractivity (Wildman–Crippen MR) is 68.2 cm³/mol. The Hall–Kier alpha value is -1.94. The molecule has 0 radical (unpaired) electrons. The normalized spacial score (nSPS) is 12.3. The summed E-state index contributed by atoms with van der Waals surface area (Å²) in [7, 11) is 1.35. The van der Waals surface area contributed by atoms with Crippen LogP contribution in [0.25, 0.3) is 0 Å². The molecule has 2 aromatic rings. The molecule has 2 aromatic carbocycles. The highest BCUT2D eigenvalue weighted by Gasteiger charge is 2.18. The van der Waals surface area contributed by atoms with Gasteiger partial charge >= 0.3 is 0 Å². The van der Waals surface area contributed by atoms with Gasteiger partial charge in [-0.3, -0.25) is 0 Å². The minimum absolute atomic E-state index is 0.0455. The minimum atomic E-state index is -1.23. The zero-order chi connectivity index (χ0) is 14.0. The van der Waals surface area contributed by atoms with Gasteiger partial charge in [-0.15, -0.1) is 0 Å². The number of hydrogen-bond donors (Lipinski definition) is 1. The van der Waals surface area contributed by atoms with E-state index < -0.39 is 17.7 Å². The van der Waals surface area contributed by atoms with Gasteiger partial charge in [0.2, 0.25) is 0 Å². The highest BCUT2D eigenvalue weighted by Crippen LogP contribution is 2.29. The molecule has 1 N–H and O–H groups in total. The largest absolute Gasteiger partial charge is 0.494 e.